The van der Waals surface area contributed by atoms with Crippen LogP contribution in [0.15, 0.2) is 53.0 Å². The monoisotopic (exact) mass is 435 g/mol. The van der Waals surface area contributed by atoms with Gasteiger partial charge in [-0.2, -0.15) is 0 Å². The second-order valence-corrected chi connectivity index (χ2v) is 9.02. The second kappa shape index (κ2) is 8.07. The largest absolute Gasteiger partial charge is 0.341 e. The van der Waals surface area contributed by atoms with Gasteiger partial charge in [-0.25, -0.2) is 4.98 Å². The number of amides is 2. The lowest BCUT2D eigenvalue weighted by Crippen LogP contribution is -2.49. The van der Waals surface area contributed by atoms with Gasteiger partial charge in [-0.3, -0.25) is 19.4 Å². The van der Waals surface area contributed by atoms with Gasteiger partial charge in [-0.15, -0.1) is 11.3 Å². The van der Waals surface area contributed by atoms with Gasteiger partial charge in [0, 0.05) is 48.5 Å². The number of carbonyl (C=O) groups excluding carboxylic acids is 2. The van der Waals surface area contributed by atoms with Gasteiger partial charge in [0.1, 0.15) is 11.4 Å². The van der Waals surface area contributed by atoms with Crippen LogP contribution in [0.25, 0.3) is 0 Å². The van der Waals surface area contributed by atoms with Crippen LogP contribution in [0.3, 0.4) is 0 Å². The first-order valence-corrected chi connectivity index (χ1v) is 11.1. The van der Waals surface area contributed by atoms with E-state index >= 15 is 0 Å². The van der Waals surface area contributed by atoms with Crippen LogP contribution >= 0.6 is 11.3 Å². The minimum absolute atomic E-state index is 0.122. The van der Waals surface area contributed by atoms with Crippen molar-refractivity contribution >= 4 is 28.8 Å². The number of nitrogens with zero attached hydrogens (tertiary/aromatic N) is 4. The summed E-state index contributed by atoms with van der Waals surface area (Å²) in [4.78, 5) is 49.1. The number of nitrogens with one attached hydrogen (secondary N) is 1. The lowest BCUT2D eigenvalue weighted by Gasteiger charge is -2.43. The maximum Gasteiger partial charge on any atom is 0.276 e. The quantitative estimate of drug-likeness (QED) is 0.677. The van der Waals surface area contributed by atoms with Crippen LogP contribution in [0.1, 0.15) is 33.4 Å². The number of thiophene rings is 1. The van der Waals surface area contributed by atoms with E-state index in [0.29, 0.717) is 26.1 Å². The first kappa shape index (κ1) is 19.6. The molecule has 0 saturated carbocycles. The fraction of sp³-hybridized carbons (Fsp3) is 0.318. The minimum atomic E-state index is -0.466. The first-order valence-electron chi connectivity index (χ1n) is 10.2. The molecule has 5 heterocycles. The molecule has 2 aliphatic rings. The highest BCUT2D eigenvalue weighted by atomic mass is 32.1. The Bertz CT molecular complexity index is 1180. The molecule has 1 N–H and O–H groups in total. The molecular formula is C22H21N5O3S. The van der Waals surface area contributed by atoms with Crippen molar-refractivity contribution in [1.82, 2.24) is 19.4 Å². The van der Waals surface area contributed by atoms with Gasteiger partial charge < -0.3 is 14.8 Å². The molecule has 1 fully saturated rings. The molecule has 2 bridgehead atoms. The number of anilines is 1. The van der Waals surface area contributed by atoms with Crippen molar-refractivity contribution in [3.8, 4) is 0 Å². The molecule has 0 aromatic carbocycles. The summed E-state index contributed by atoms with van der Waals surface area (Å²) in [5.41, 5.74) is 1.08. The number of aromatic nitrogens is 3. The lowest BCUT2D eigenvalue weighted by atomic mass is 9.83. The van der Waals surface area contributed by atoms with Gasteiger partial charge in [0.05, 0.1) is 12.6 Å². The number of carbonyl (C=O) groups is 2. The Labute approximate surface area is 182 Å². The van der Waals surface area contributed by atoms with Crippen LogP contribution in [-0.4, -0.2) is 44.3 Å². The van der Waals surface area contributed by atoms with E-state index in [2.05, 4.69) is 15.3 Å². The number of hydrogen-bond donors (Lipinski definition) is 1. The molecule has 0 unspecified atom stereocenters. The smallest absolute Gasteiger partial charge is 0.276 e. The van der Waals surface area contributed by atoms with E-state index in [1.807, 2.05) is 28.5 Å². The standard InChI is InChI=1S/C22H21N5O3S/c28-20(9-16-2-1-7-31-16)26-11-14-8-15(13-26)19-4-3-17(22(30)27(19)12-14)25-21(29)18-10-23-5-6-24-18/h1-7,10,14-15H,8-9,11-13H2,(H,25,29)/t14-,15-/m1/s1. The van der Waals surface area contributed by atoms with Gasteiger partial charge in [0.25, 0.3) is 11.5 Å². The number of fused-ring (bicyclic) bond motifs is 4. The summed E-state index contributed by atoms with van der Waals surface area (Å²) < 4.78 is 1.76. The summed E-state index contributed by atoms with van der Waals surface area (Å²) in [5, 5.41) is 4.64. The highest BCUT2D eigenvalue weighted by Crippen LogP contribution is 2.35. The van der Waals surface area contributed by atoms with Crippen LogP contribution in [-0.2, 0) is 17.8 Å². The minimum Gasteiger partial charge on any atom is -0.341 e. The van der Waals surface area contributed by atoms with Gasteiger partial charge >= 0.3 is 0 Å². The zero-order valence-electron chi connectivity index (χ0n) is 16.7. The number of pyridine rings is 1. The Morgan fingerprint density at radius 2 is 2.06 bits per heavy atom. The summed E-state index contributed by atoms with van der Waals surface area (Å²) in [6.45, 7) is 1.82. The highest BCUT2D eigenvalue weighted by Gasteiger charge is 2.36. The fourth-order valence-corrected chi connectivity index (χ4v) is 5.22. The van der Waals surface area contributed by atoms with Crippen molar-refractivity contribution in [1.29, 1.82) is 0 Å². The van der Waals surface area contributed by atoms with Crippen LogP contribution in [0.2, 0.25) is 0 Å². The number of piperidine rings is 1. The van der Waals surface area contributed by atoms with Gasteiger partial charge in [-0.05, 0) is 35.9 Å². The third-order valence-corrected chi connectivity index (χ3v) is 6.78. The topological polar surface area (TPSA) is 97.2 Å². The second-order valence-electron chi connectivity index (χ2n) is 7.99. The maximum absolute atomic E-state index is 13.1. The Hall–Kier alpha value is -3.33. The van der Waals surface area contributed by atoms with E-state index < -0.39 is 5.91 Å². The molecule has 1 saturated heterocycles. The van der Waals surface area contributed by atoms with E-state index in [1.54, 1.807) is 22.0 Å². The molecular weight excluding hydrogens is 414 g/mol. The number of hydrogen-bond acceptors (Lipinski definition) is 6. The molecule has 3 aromatic heterocycles. The van der Waals surface area contributed by atoms with E-state index in [-0.39, 0.29) is 34.7 Å². The van der Waals surface area contributed by atoms with Crippen molar-refractivity contribution in [3.63, 3.8) is 0 Å². The zero-order chi connectivity index (χ0) is 21.4. The van der Waals surface area contributed by atoms with Gasteiger partial charge in [0.2, 0.25) is 5.91 Å². The summed E-state index contributed by atoms with van der Waals surface area (Å²) in [6, 6.07) is 7.48. The van der Waals surface area contributed by atoms with Crippen molar-refractivity contribution in [3.05, 3.63) is 74.9 Å². The third kappa shape index (κ3) is 3.88. The molecule has 158 valence electrons. The Balaban J connectivity index is 1.35. The average Bonchev–Trinajstić information content (AvgIpc) is 3.29. The predicted octanol–water partition coefficient (Wildman–Crippen LogP) is 2.14. The van der Waals surface area contributed by atoms with E-state index in [1.165, 1.54) is 18.6 Å². The van der Waals surface area contributed by atoms with Crippen LogP contribution in [0.4, 0.5) is 5.69 Å². The van der Waals surface area contributed by atoms with Crippen LogP contribution < -0.4 is 10.9 Å². The summed E-state index contributed by atoms with van der Waals surface area (Å²) in [7, 11) is 0. The molecule has 0 aliphatic carbocycles. The first-order chi connectivity index (χ1) is 15.1. The van der Waals surface area contributed by atoms with E-state index in [9.17, 15) is 14.4 Å². The molecule has 2 aliphatic heterocycles. The predicted molar refractivity (Wildman–Crippen MR) is 116 cm³/mol. The number of likely N-dealkylation sites (tertiary alicyclic amines) is 1. The maximum atomic E-state index is 13.1. The van der Waals surface area contributed by atoms with Gasteiger partial charge in [0.15, 0.2) is 0 Å². The molecule has 2 amide bonds. The molecule has 0 radical (unpaired) electrons. The summed E-state index contributed by atoms with van der Waals surface area (Å²) in [5.74, 6) is 0.0207. The normalized spacial score (nSPS) is 19.5. The Kier molecular flexibility index (Phi) is 5.11. The molecule has 3 aromatic rings. The summed E-state index contributed by atoms with van der Waals surface area (Å²) >= 11 is 1.60. The molecule has 2 atom stereocenters. The van der Waals surface area contributed by atoms with Crippen molar-refractivity contribution in [2.24, 2.45) is 5.92 Å². The van der Waals surface area contributed by atoms with Gasteiger partial charge in [-0.1, -0.05) is 6.07 Å². The number of rotatable bonds is 4. The van der Waals surface area contributed by atoms with E-state index in [4.69, 9.17) is 0 Å². The average molecular weight is 436 g/mol. The molecule has 5 rings (SSSR count). The summed E-state index contributed by atoms with van der Waals surface area (Å²) in [6.07, 6.45) is 5.67. The fourth-order valence-electron chi connectivity index (χ4n) is 4.52. The molecule has 0 spiro atoms. The van der Waals surface area contributed by atoms with E-state index in [0.717, 1.165) is 17.0 Å². The lowest BCUT2D eigenvalue weighted by molar-refractivity contribution is -0.133. The molecule has 9 heteroatoms. The Morgan fingerprint density at radius 3 is 2.84 bits per heavy atom. The SMILES string of the molecule is O=C(Nc1ccc2n(c1=O)C[C@@H]1C[C@@H]2CN(C(=O)Cc2cccs2)C1)c1cnccn1. The van der Waals surface area contributed by atoms with Crippen LogP contribution in [0, 0.1) is 5.92 Å². The van der Waals surface area contributed by atoms with Crippen LogP contribution in [0.5, 0.6) is 0 Å². The van der Waals surface area contributed by atoms with Crippen molar-refractivity contribution in [2.75, 3.05) is 18.4 Å². The molecule has 31 heavy (non-hydrogen) atoms. The zero-order valence-corrected chi connectivity index (χ0v) is 17.5. The highest BCUT2D eigenvalue weighted by molar-refractivity contribution is 7.10. The van der Waals surface area contributed by atoms with Crippen molar-refractivity contribution < 1.29 is 9.59 Å². The van der Waals surface area contributed by atoms with Crippen molar-refractivity contribution in [2.45, 2.75) is 25.3 Å². The third-order valence-electron chi connectivity index (χ3n) is 5.91. The Morgan fingerprint density at radius 1 is 1.16 bits per heavy atom. The molecule has 8 nitrogen and oxygen atoms in total.